The first-order valence-corrected chi connectivity index (χ1v) is 3.16. The van der Waals surface area contributed by atoms with Crippen LogP contribution in [-0.4, -0.2) is 19.1 Å². The molecule has 0 aliphatic heterocycles. The van der Waals surface area contributed by atoms with Crippen LogP contribution in [0.2, 0.25) is 0 Å². The summed E-state index contributed by atoms with van der Waals surface area (Å²) in [6, 6.07) is 0. The predicted octanol–water partition coefficient (Wildman–Crippen LogP) is -3.06. The predicted molar refractivity (Wildman–Crippen MR) is 29.2 cm³/mol. The van der Waals surface area contributed by atoms with Crippen molar-refractivity contribution in [3.8, 4) is 0 Å². The summed E-state index contributed by atoms with van der Waals surface area (Å²) in [7, 11) is 0. The van der Waals surface area contributed by atoms with Crippen LogP contribution in [0, 0.1) is 0 Å². The minimum atomic E-state index is -3.11. The third-order valence-corrected chi connectivity index (χ3v) is 0. The van der Waals surface area contributed by atoms with Gasteiger partial charge in [0.2, 0.25) is 0 Å². The van der Waals surface area contributed by atoms with Gasteiger partial charge >= 0.3 is 29.6 Å². The minimum absolute atomic E-state index is 0. The first-order chi connectivity index (χ1) is 3.15. The molecule has 0 aliphatic carbocycles. The van der Waals surface area contributed by atoms with Gasteiger partial charge in [-0.1, -0.05) is 6.92 Å². The third kappa shape index (κ3) is 152. The molecule has 0 bridgehead atoms. The molecule has 0 aromatic heterocycles. The molecule has 0 spiro atoms. The van der Waals surface area contributed by atoms with Crippen LogP contribution < -0.4 is 29.6 Å². The van der Waals surface area contributed by atoms with E-state index in [1.165, 1.54) is 0 Å². The summed E-state index contributed by atoms with van der Waals surface area (Å²) in [5.74, 6) is 0.944. The van der Waals surface area contributed by atoms with E-state index in [1.54, 1.807) is 0 Å². The molecule has 0 aromatic carbocycles. The molecule has 0 saturated heterocycles. The van der Waals surface area contributed by atoms with Gasteiger partial charge in [-0.2, -0.15) is 12.6 Å². The Morgan fingerprint density at radius 2 is 1.62 bits per heavy atom. The number of thiol groups is 1. The second-order valence-corrected chi connectivity index (χ2v) is 1.56. The average Bonchev–Trinajstić information content (AvgIpc) is 1.33. The maximum absolute atomic E-state index is 8.44. The smallest absolute Gasteiger partial charge is 0.784 e. The molecular formula is C2H6NaO3S2-. The van der Waals surface area contributed by atoms with Gasteiger partial charge in [0.25, 0.3) is 0 Å². The van der Waals surface area contributed by atoms with Gasteiger partial charge in [-0.15, -0.1) is 11.4 Å². The zero-order valence-corrected chi connectivity index (χ0v) is 8.50. The van der Waals surface area contributed by atoms with Crippen molar-refractivity contribution in [1.82, 2.24) is 0 Å². The maximum Gasteiger partial charge on any atom is 1.00 e. The first kappa shape index (κ1) is 16.2. The van der Waals surface area contributed by atoms with E-state index in [0.717, 1.165) is 5.75 Å². The number of hydrogen-bond donors (Lipinski definition) is 1. The van der Waals surface area contributed by atoms with Gasteiger partial charge in [0.1, 0.15) is 0 Å². The summed E-state index contributed by atoms with van der Waals surface area (Å²) in [6.45, 7) is 1.99. The Bertz CT molecular complexity index is 46.5. The molecule has 0 radical (unpaired) electrons. The van der Waals surface area contributed by atoms with Crippen molar-refractivity contribution in [3.63, 3.8) is 0 Å². The van der Waals surface area contributed by atoms with E-state index in [0.29, 0.717) is 0 Å². The Morgan fingerprint density at radius 1 is 1.62 bits per heavy atom. The fourth-order valence-electron chi connectivity index (χ4n) is 0. The van der Waals surface area contributed by atoms with Crippen LogP contribution in [0.1, 0.15) is 6.92 Å². The Morgan fingerprint density at radius 3 is 1.62 bits per heavy atom. The zero-order valence-electron chi connectivity index (χ0n) is 4.79. The molecule has 0 saturated carbocycles. The van der Waals surface area contributed by atoms with Gasteiger partial charge in [-0.25, -0.2) is 0 Å². The molecule has 0 heterocycles. The average molecular weight is 165 g/mol. The molecule has 0 fully saturated rings. The van der Waals surface area contributed by atoms with E-state index in [-0.39, 0.29) is 29.6 Å². The minimum Gasteiger partial charge on any atom is -0.784 e. The number of rotatable bonds is 0. The van der Waals surface area contributed by atoms with Crippen molar-refractivity contribution in [2.24, 2.45) is 0 Å². The fraction of sp³-hybridized carbons (Fsp3) is 1.00. The third-order valence-electron chi connectivity index (χ3n) is 0. The molecule has 0 rings (SSSR count). The van der Waals surface area contributed by atoms with Crippen LogP contribution in [-0.2, 0) is 11.4 Å². The molecular weight excluding hydrogens is 159 g/mol. The Balaban J connectivity index is -0.0000000575. The van der Waals surface area contributed by atoms with Gasteiger partial charge in [0, 0.05) is 0 Å². The fourth-order valence-corrected chi connectivity index (χ4v) is 0. The molecule has 46 valence electrons. The van der Waals surface area contributed by atoms with Gasteiger partial charge < -0.3 is 9.11 Å². The molecule has 3 nitrogen and oxygen atoms in total. The summed E-state index contributed by atoms with van der Waals surface area (Å²) in [4.78, 5) is 0. The summed E-state index contributed by atoms with van der Waals surface area (Å²) >= 11 is 0.677. The van der Waals surface area contributed by atoms with Crippen molar-refractivity contribution in [2.45, 2.75) is 6.92 Å². The standard InChI is InChI=1S/C2H6S.Na.H2O3S/c1-2-3;;1-4(2)3/h3H,2H2,1H3;;(H2,1,2,3)/q;+1;/p-2. The normalized spacial score (nSPS) is 6.62. The van der Waals surface area contributed by atoms with Gasteiger partial charge in [-0.3, -0.25) is 4.21 Å². The monoisotopic (exact) mass is 165 g/mol. The van der Waals surface area contributed by atoms with Crippen LogP contribution >= 0.6 is 12.6 Å². The van der Waals surface area contributed by atoms with Crippen LogP contribution in [0.4, 0.5) is 0 Å². The Labute approximate surface area is 79.1 Å². The number of hydrogen-bond acceptors (Lipinski definition) is 4. The van der Waals surface area contributed by atoms with Gasteiger partial charge in [-0.05, 0) is 5.75 Å². The van der Waals surface area contributed by atoms with Crippen LogP contribution in [0.15, 0.2) is 0 Å². The van der Waals surface area contributed by atoms with Crippen LogP contribution in [0.5, 0.6) is 0 Å². The molecule has 8 heavy (non-hydrogen) atoms. The van der Waals surface area contributed by atoms with Gasteiger partial charge in [0.15, 0.2) is 0 Å². The summed E-state index contributed by atoms with van der Waals surface area (Å²) in [5.41, 5.74) is 0. The molecule has 6 heteroatoms. The van der Waals surface area contributed by atoms with Crippen molar-refractivity contribution in [3.05, 3.63) is 0 Å². The molecule has 0 aromatic rings. The first-order valence-electron chi connectivity index (χ1n) is 1.52. The maximum atomic E-state index is 8.44. The molecule has 0 N–H and O–H groups in total. The summed E-state index contributed by atoms with van der Waals surface area (Å²) in [6.07, 6.45) is 0. The van der Waals surface area contributed by atoms with E-state index in [1.807, 2.05) is 6.92 Å². The van der Waals surface area contributed by atoms with E-state index < -0.39 is 11.4 Å². The summed E-state index contributed by atoms with van der Waals surface area (Å²) < 4.78 is 25.3. The molecule has 0 aliphatic rings. The van der Waals surface area contributed by atoms with Crippen LogP contribution in [0.25, 0.3) is 0 Å². The van der Waals surface area contributed by atoms with Crippen molar-refractivity contribution in [2.75, 3.05) is 5.75 Å². The van der Waals surface area contributed by atoms with Crippen molar-refractivity contribution in [1.29, 1.82) is 0 Å². The Kier molecular flexibility index (Phi) is 32.0. The Hall–Kier alpha value is 1.42. The SMILES string of the molecule is CCS.O=S([O-])[O-].[Na+]. The van der Waals surface area contributed by atoms with Crippen molar-refractivity contribution >= 4 is 24.0 Å². The topological polar surface area (TPSA) is 63.2 Å². The largest absolute Gasteiger partial charge is 1.00 e. The molecule has 0 amide bonds. The molecule has 0 atom stereocenters. The summed E-state index contributed by atoms with van der Waals surface area (Å²) in [5, 5.41) is 0. The van der Waals surface area contributed by atoms with Crippen LogP contribution in [0.3, 0.4) is 0 Å². The second-order valence-electron chi connectivity index (χ2n) is 0.520. The second kappa shape index (κ2) is 15.8. The van der Waals surface area contributed by atoms with Crippen molar-refractivity contribution < 1.29 is 42.9 Å². The van der Waals surface area contributed by atoms with E-state index in [4.69, 9.17) is 13.3 Å². The quantitative estimate of drug-likeness (QED) is 0.235. The van der Waals surface area contributed by atoms with E-state index >= 15 is 0 Å². The van der Waals surface area contributed by atoms with Gasteiger partial charge in [0.05, 0.1) is 0 Å². The zero-order chi connectivity index (χ0) is 6.28. The van der Waals surface area contributed by atoms with E-state index in [9.17, 15) is 0 Å². The molecule has 0 unspecified atom stereocenters. The van der Waals surface area contributed by atoms with E-state index in [2.05, 4.69) is 12.6 Å².